The number of amides is 2. The van der Waals surface area contributed by atoms with Crippen molar-refractivity contribution in [2.75, 3.05) is 18.9 Å². The second-order valence-corrected chi connectivity index (χ2v) is 6.55. The number of likely N-dealkylation sites (N-methyl/N-ethyl adjacent to an activating group) is 1. The third-order valence-corrected chi connectivity index (χ3v) is 3.23. The molecular weight excluding hydrogens is 280 g/mol. The van der Waals surface area contributed by atoms with Gasteiger partial charge in [0.1, 0.15) is 0 Å². The maximum absolute atomic E-state index is 12.2. The summed E-state index contributed by atoms with van der Waals surface area (Å²) in [6.45, 7) is 10.1. The molecule has 124 valence electrons. The van der Waals surface area contributed by atoms with Crippen molar-refractivity contribution < 1.29 is 14.6 Å². The molecule has 0 aliphatic carbocycles. The lowest BCUT2D eigenvalue weighted by molar-refractivity contribution is 0.0550. The van der Waals surface area contributed by atoms with Gasteiger partial charge in [-0.15, -0.1) is 0 Å². The number of hydrogen-bond acceptors (Lipinski definition) is 3. The highest BCUT2D eigenvalue weighted by atomic mass is 16.5. The highest BCUT2D eigenvalue weighted by Gasteiger charge is 2.19. The van der Waals surface area contributed by atoms with Crippen LogP contribution < -0.4 is 5.32 Å². The molecule has 0 bridgehead atoms. The summed E-state index contributed by atoms with van der Waals surface area (Å²) in [4.78, 5) is 13.7. The van der Waals surface area contributed by atoms with E-state index in [9.17, 15) is 9.90 Å². The SMILES string of the molecule is Cc1c(COC(C)C)cccc1NC(=O)N(C)CC(C)(C)O. The number of hydrogen-bond donors (Lipinski definition) is 2. The quantitative estimate of drug-likeness (QED) is 0.848. The molecular formula is C17H28N2O3. The number of anilines is 1. The van der Waals surface area contributed by atoms with Gasteiger partial charge in [-0.25, -0.2) is 4.79 Å². The van der Waals surface area contributed by atoms with E-state index in [-0.39, 0.29) is 18.7 Å². The van der Waals surface area contributed by atoms with Crippen LogP contribution in [0.4, 0.5) is 10.5 Å². The number of carbonyl (C=O) groups is 1. The molecule has 2 N–H and O–H groups in total. The van der Waals surface area contributed by atoms with E-state index in [1.54, 1.807) is 20.9 Å². The van der Waals surface area contributed by atoms with Gasteiger partial charge in [0.2, 0.25) is 0 Å². The van der Waals surface area contributed by atoms with Gasteiger partial charge in [0.15, 0.2) is 0 Å². The Balaban J connectivity index is 2.77. The summed E-state index contributed by atoms with van der Waals surface area (Å²) < 4.78 is 5.63. The molecule has 0 radical (unpaired) electrons. The molecule has 0 heterocycles. The van der Waals surface area contributed by atoms with Crippen LogP contribution in [0.25, 0.3) is 0 Å². The Morgan fingerprint density at radius 1 is 1.41 bits per heavy atom. The fourth-order valence-electron chi connectivity index (χ4n) is 2.09. The number of nitrogens with zero attached hydrogens (tertiary/aromatic N) is 1. The van der Waals surface area contributed by atoms with Gasteiger partial charge < -0.3 is 20.1 Å². The van der Waals surface area contributed by atoms with Gasteiger partial charge in [-0.2, -0.15) is 0 Å². The van der Waals surface area contributed by atoms with Crippen LogP contribution >= 0.6 is 0 Å². The van der Waals surface area contributed by atoms with Crippen molar-refractivity contribution in [2.24, 2.45) is 0 Å². The molecule has 22 heavy (non-hydrogen) atoms. The van der Waals surface area contributed by atoms with Crippen LogP contribution in [0.1, 0.15) is 38.8 Å². The summed E-state index contributed by atoms with van der Waals surface area (Å²) in [6, 6.07) is 5.52. The number of benzene rings is 1. The predicted molar refractivity (Wildman–Crippen MR) is 89.1 cm³/mol. The first kappa shape index (κ1) is 18.5. The van der Waals surface area contributed by atoms with Gasteiger partial charge in [-0.1, -0.05) is 12.1 Å². The molecule has 2 amide bonds. The van der Waals surface area contributed by atoms with Crippen LogP contribution in [0, 0.1) is 6.92 Å². The average Bonchev–Trinajstić information content (AvgIpc) is 2.37. The highest BCUT2D eigenvalue weighted by Crippen LogP contribution is 2.20. The zero-order valence-corrected chi connectivity index (χ0v) is 14.4. The molecule has 0 atom stereocenters. The Morgan fingerprint density at radius 2 is 2.05 bits per heavy atom. The van der Waals surface area contributed by atoms with Crippen LogP contribution in [-0.2, 0) is 11.3 Å². The second-order valence-electron chi connectivity index (χ2n) is 6.55. The molecule has 0 aliphatic heterocycles. The Kier molecular flexibility index (Phi) is 6.38. The zero-order chi connectivity index (χ0) is 16.9. The third kappa shape index (κ3) is 6.03. The van der Waals surface area contributed by atoms with Gasteiger partial charge in [0.05, 0.1) is 24.9 Å². The van der Waals surface area contributed by atoms with Crippen molar-refractivity contribution in [3.63, 3.8) is 0 Å². The largest absolute Gasteiger partial charge is 0.389 e. The second kappa shape index (κ2) is 7.61. The molecule has 0 aromatic heterocycles. The van der Waals surface area contributed by atoms with Crippen molar-refractivity contribution >= 4 is 11.7 Å². The van der Waals surface area contributed by atoms with E-state index < -0.39 is 5.60 Å². The first-order valence-corrected chi connectivity index (χ1v) is 7.54. The van der Waals surface area contributed by atoms with E-state index in [4.69, 9.17) is 4.74 Å². The normalized spacial score (nSPS) is 11.6. The number of nitrogens with one attached hydrogen (secondary N) is 1. The highest BCUT2D eigenvalue weighted by molar-refractivity contribution is 5.90. The van der Waals surface area contributed by atoms with Crippen molar-refractivity contribution in [1.82, 2.24) is 4.90 Å². The summed E-state index contributed by atoms with van der Waals surface area (Å²) in [5.41, 5.74) is 1.89. The Morgan fingerprint density at radius 3 is 2.59 bits per heavy atom. The summed E-state index contributed by atoms with van der Waals surface area (Å²) in [5, 5.41) is 12.7. The fraction of sp³-hybridized carbons (Fsp3) is 0.588. The molecule has 5 heteroatoms. The molecule has 0 fully saturated rings. The van der Waals surface area contributed by atoms with E-state index in [1.165, 1.54) is 4.90 Å². The molecule has 5 nitrogen and oxygen atoms in total. The van der Waals surface area contributed by atoms with E-state index in [0.29, 0.717) is 6.61 Å². The van der Waals surface area contributed by atoms with Crippen LogP contribution in [-0.4, -0.2) is 41.3 Å². The predicted octanol–water partition coefficient (Wildman–Crippen LogP) is 3.15. The van der Waals surface area contributed by atoms with E-state index in [0.717, 1.165) is 16.8 Å². The number of urea groups is 1. The minimum atomic E-state index is -0.923. The molecule has 1 aromatic carbocycles. The standard InChI is InChI=1S/C17H28N2O3/c1-12(2)22-10-14-8-7-9-15(13(14)3)18-16(20)19(6)11-17(4,5)21/h7-9,12,21H,10-11H2,1-6H3,(H,18,20). The number of ether oxygens (including phenoxy) is 1. The Hall–Kier alpha value is -1.59. The zero-order valence-electron chi connectivity index (χ0n) is 14.4. The lowest BCUT2D eigenvalue weighted by atomic mass is 10.1. The lowest BCUT2D eigenvalue weighted by Crippen LogP contribution is -2.41. The molecule has 1 rings (SSSR count). The lowest BCUT2D eigenvalue weighted by Gasteiger charge is -2.26. The Labute approximate surface area is 133 Å². The topological polar surface area (TPSA) is 61.8 Å². The average molecular weight is 308 g/mol. The first-order chi connectivity index (χ1) is 10.1. The van der Waals surface area contributed by atoms with Crippen molar-refractivity contribution in [1.29, 1.82) is 0 Å². The van der Waals surface area contributed by atoms with Crippen LogP contribution in [0.5, 0.6) is 0 Å². The van der Waals surface area contributed by atoms with Crippen molar-refractivity contribution in [3.05, 3.63) is 29.3 Å². The van der Waals surface area contributed by atoms with Gasteiger partial charge in [-0.05, 0) is 51.8 Å². The smallest absolute Gasteiger partial charge is 0.321 e. The Bertz CT molecular complexity index is 507. The van der Waals surface area contributed by atoms with E-state index in [1.807, 2.05) is 39.0 Å². The van der Waals surface area contributed by atoms with E-state index >= 15 is 0 Å². The number of rotatable bonds is 6. The van der Waals surface area contributed by atoms with Gasteiger partial charge in [-0.3, -0.25) is 0 Å². The maximum Gasteiger partial charge on any atom is 0.321 e. The van der Waals surface area contributed by atoms with Crippen molar-refractivity contribution in [2.45, 2.75) is 52.9 Å². The molecule has 0 unspecified atom stereocenters. The van der Waals surface area contributed by atoms with Gasteiger partial charge in [0.25, 0.3) is 0 Å². The van der Waals surface area contributed by atoms with Crippen molar-refractivity contribution in [3.8, 4) is 0 Å². The summed E-state index contributed by atoms with van der Waals surface area (Å²) in [7, 11) is 1.66. The van der Waals surface area contributed by atoms with Gasteiger partial charge >= 0.3 is 6.03 Å². The molecule has 1 aromatic rings. The van der Waals surface area contributed by atoms with Gasteiger partial charge in [0, 0.05) is 12.7 Å². The summed E-state index contributed by atoms with van der Waals surface area (Å²) in [5.74, 6) is 0. The summed E-state index contributed by atoms with van der Waals surface area (Å²) >= 11 is 0. The maximum atomic E-state index is 12.2. The third-order valence-electron chi connectivity index (χ3n) is 3.23. The monoisotopic (exact) mass is 308 g/mol. The molecule has 0 saturated carbocycles. The summed E-state index contributed by atoms with van der Waals surface area (Å²) in [6.07, 6.45) is 0.163. The van der Waals surface area contributed by atoms with Crippen LogP contribution in [0.2, 0.25) is 0 Å². The molecule has 0 aliphatic rings. The molecule has 0 saturated heterocycles. The number of aliphatic hydroxyl groups is 1. The number of carbonyl (C=O) groups excluding carboxylic acids is 1. The van der Waals surface area contributed by atoms with Crippen LogP contribution in [0.15, 0.2) is 18.2 Å². The van der Waals surface area contributed by atoms with Crippen LogP contribution in [0.3, 0.4) is 0 Å². The molecule has 0 spiro atoms. The fourth-order valence-corrected chi connectivity index (χ4v) is 2.09. The van der Waals surface area contributed by atoms with E-state index in [2.05, 4.69) is 5.32 Å². The minimum absolute atomic E-state index is 0.163. The first-order valence-electron chi connectivity index (χ1n) is 7.54. The minimum Gasteiger partial charge on any atom is -0.389 e.